The van der Waals surface area contributed by atoms with Crippen molar-refractivity contribution >= 4 is 33.4 Å². The maximum absolute atomic E-state index is 13.4. The molecule has 0 bridgehead atoms. The second-order valence-electron chi connectivity index (χ2n) is 8.49. The number of anilines is 1. The molecule has 168 valence electrons. The minimum Gasteiger partial charge on any atom is -0.352 e. The van der Waals surface area contributed by atoms with Gasteiger partial charge in [-0.05, 0) is 48.9 Å². The van der Waals surface area contributed by atoms with Crippen molar-refractivity contribution in [1.29, 1.82) is 0 Å². The molecule has 0 saturated carbocycles. The topological polar surface area (TPSA) is 67.2 Å². The van der Waals surface area contributed by atoms with Gasteiger partial charge >= 0.3 is 0 Å². The van der Waals surface area contributed by atoms with E-state index in [0.29, 0.717) is 30.3 Å². The molecule has 0 radical (unpaired) electrons. The summed E-state index contributed by atoms with van der Waals surface area (Å²) in [4.78, 5) is 33.1. The van der Waals surface area contributed by atoms with Crippen LogP contribution in [0.3, 0.4) is 0 Å². The van der Waals surface area contributed by atoms with Gasteiger partial charge in [0.1, 0.15) is 4.70 Å². The number of hydrogen-bond acceptors (Lipinski definition) is 5. The minimum atomic E-state index is -0.0448. The maximum Gasteiger partial charge on any atom is 0.277 e. The van der Waals surface area contributed by atoms with Crippen molar-refractivity contribution in [3.63, 3.8) is 0 Å². The SMILES string of the molecule is Cc1ccc(-n2c(N3CCC(C(=O)NCc4ccccc4)CC3)nc3ccsc3c2=O)cc1. The van der Waals surface area contributed by atoms with Gasteiger partial charge in [0, 0.05) is 25.6 Å². The largest absolute Gasteiger partial charge is 0.352 e. The number of aryl methyl sites for hydroxylation is 1. The molecule has 6 nitrogen and oxygen atoms in total. The van der Waals surface area contributed by atoms with Crippen LogP contribution >= 0.6 is 11.3 Å². The van der Waals surface area contributed by atoms with Crippen molar-refractivity contribution in [3.05, 3.63) is 87.5 Å². The first-order chi connectivity index (χ1) is 16.1. The lowest BCUT2D eigenvalue weighted by molar-refractivity contribution is -0.125. The first kappa shape index (κ1) is 21.4. The van der Waals surface area contributed by atoms with Crippen LogP contribution in [0.25, 0.3) is 15.9 Å². The molecule has 0 aliphatic carbocycles. The molecule has 2 aromatic heterocycles. The predicted octanol–water partition coefficient (Wildman–Crippen LogP) is 4.29. The summed E-state index contributed by atoms with van der Waals surface area (Å²) in [5.41, 5.74) is 3.73. The zero-order valence-corrected chi connectivity index (χ0v) is 19.3. The van der Waals surface area contributed by atoms with E-state index in [9.17, 15) is 9.59 Å². The van der Waals surface area contributed by atoms with Crippen LogP contribution < -0.4 is 15.8 Å². The van der Waals surface area contributed by atoms with E-state index in [-0.39, 0.29) is 17.4 Å². The highest BCUT2D eigenvalue weighted by Gasteiger charge is 2.28. The minimum absolute atomic E-state index is 0.0330. The number of amides is 1. The Bertz CT molecular complexity index is 1320. The van der Waals surface area contributed by atoms with E-state index in [0.717, 1.165) is 35.2 Å². The number of thiophene rings is 1. The fourth-order valence-electron chi connectivity index (χ4n) is 4.31. The summed E-state index contributed by atoms with van der Waals surface area (Å²) in [7, 11) is 0. The molecule has 1 N–H and O–H groups in total. The highest BCUT2D eigenvalue weighted by atomic mass is 32.1. The molecule has 4 aromatic rings. The molecular weight excluding hydrogens is 432 g/mol. The van der Waals surface area contributed by atoms with Crippen molar-refractivity contribution in [3.8, 4) is 5.69 Å². The van der Waals surface area contributed by atoms with E-state index in [2.05, 4.69) is 10.2 Å². The molecule has 1 amide bonds. The fraction of sp³-hybridized carbons (Fsp3) is 0.269. The molecule has 1 aliphatic heterocycles. The highest BCUT2D eigenvalue weighted by molar-refractivity contribution is 7.17. The molecular formula is C26H26N4O2S. The van der Waals surface area contributed by atoms with Crippen LogP contribution in [-0.2, 0) is 11.3 Å². The van der Waals surface area contributed by atoms with Crippen molar-refractivity contribution < 1.29 is 4.79 Å². The van der Waals surface area contributed by atoms with Gasteiger partial charge in [-0.2, -0.15) is 0 Å². The number of rotatable bonds is 5. The normalized spacial score (nSPS) is 14.5. The van der Waals surface area contributed by atoms with Gasteiger partial charge in [0.2, 0.25) is 11.9 Å². The third kappa shape index (κ3) is 4.41. The van der Waals surface area contributed by atoms with E-state index in [1.165, 1.54) is 11.3 Å². The summed E-state index contributed by atoms with van der Waals surface area (Å²) in [6.07, 6.45) is 1.46. The van der Waals surface area contributed by atoms with Crippen LogP contribution in [0.1, 0.15) is 24.0 Å². The van der Waals surface area contributed by atoms with Crippen LogP contribution in [0.15, 0.2) is 70.8 Å². The Hall–Kier alpha value is -3.45. The molecule has 2 aromatic carbocycles. The molecule has 1 aliphatic rings. The number of hydrogen-bond donors (Lipinski definition) is 1. The lowest BCUT2D eigenvalue weighted by Gasteiger charge is -2.33. The van der Waals surface area contributed by atoms with Crippen molar-refractivity contribution in [1.82, 2.24) is 14.9 Å². The van der Waals surface area contributed by atoms with Crippen LogP contribution in [0.2, 0.25) is 0 Å². The highest BCUT2D eigenvalue weighted by Crippen LogP contribution is 2.26. The summed E-state index contributed by atoms with van der Waals surface area (Å²) in [6, 6.07) is 19.8. The van der Waals surface area contributed by atoms with Crippen LogP contribution in [0, 0.1) is 12.8 Å². The Balaban J connectivity index is 1.36. The number of nitrogens with zero attached hydrogens (tertiary/aromatic N) is 3. The van der Waals surface area contributed by atoms with Gasteiger partial charge in [0.25, 0.3) is 5.56 Å². The smallest absolute Gasteiger partial charge is 0.277 e. The van der Waals surface area contributed by atoms with Crippen LogP contribution in [-0.4, -0.2) is 28.5 Å². The Morgan fingerprint density at radius 1 is 1.06 bits per heavy atom. The second-order valence-corrected chi connectivity index (χ2v) is 9.40. The summed E-state index contributed by atoms with van der Waals surface area (Å²) >= 11 is 1.42. The average Bonchev–Trinajstić information content (AvgIpc) is 3.33. The molecule has 0 atom stereocenters. The van der Waals surface area contributed by atoms with Crippen LogP contribution in [0.5, 0.6) is 0 Å². The van der Waals surface area contributed by atoms with Gasteiger partial charge < -0.3 is 10.2 Å². The number of carbonyl (C=O) groups is 1. The summed E-state index contributed by atoms with van der Waals surface area (Å²) in [5.74, 6) is 0.711. The molecule has 5 rings (SSSR count). The first-order valence-electron chi connectivity index (χ1n) is 11.2. The number of carbonyl (C=O) groups excluding carboxylic acids is 1. The Labute approximate surface area is 196 Å². The van der Waals surface area contributed by atoms with Gasteiger partial charge in [-0.25, -0.2) is 9.55 Å². The molecule has 0 unspecified atom stereocenters. The Morgan fingerprint density at radius 3 is 2.52 bits per heavy atom. The second kappa shape index (κ2) is 9.19. The van der Waals surface area contributed by atoms with Gasteiger partial charge in [0.15, 0.2) is 0 Å². The van der Waals surface area contributed by atoms with Gasteiger partial charge in [-0.3, -0.25) is 9.59 Å². The standard InChI is InChI=1S/C26H26N4O2S/c1-18-7-9-21(10-8-18)30-25(32)23-22(13-16-33-23)28-26(30)29-14-11-20(12-15-29)24(31)27-17-19-5-3-2-4-6-19/h2-10,13,16,20H,11-12,14-15,17H2,1H3,(H,27,31). The number of aromatic nitrogens is 2. The summed E-state index contributed by atoms with van der Waals surface area (Å²) in [6.45, 7) is 3.93. The van der Waals surface area contributed by atoms with E-state index in [4.69, 9.17) is 4.98 Å². The molecule has 1 fully saturated rings. The van der Waals surface area contributed by atoms with Crippen molar-refractivity contribution in [2.24, 2.45) is 5.92 Å². The van der Waals surface area contributed by atoms with Gasteiger partial charge in [-0.1, -0.05) is 48.0 Å². The summed E-state index contributed by atoms with van der Waals surface area (Å²) < 4.78 is 2.38. The predicted molar refractivity (Wildman–Crippen MR) is 133 cm³/mol. The summed E-state index contributed by atoms with van der Waals surface area (Å²) in [5, 5.41) is 4.98. The van der Waals surface area contributed by atoms with Crippen LogP contribution in [0.4, 0.5) is 5.95 Å². The molecule has 3 heterocycles. The average molecular weight is 459 g/mol. The number of benzene rings is 2. The number of piperidine rings is 1. The zero-order valence-electron chi connectivity index (χ0n) is 18.5. The maximum atomic E-state index is 13.4. The van der Waals surface area contributed by atoms with E-state index < -0.39 is 0 Å². The first-order valence-corrected chi connectivity index (χ1v) is 12.1. The van der Waals surface area contributed by atoms with Crippen molar-refractivity contribution in [2.75, 3.05) is 18.0 Å². The zero-order chi connectivity index (χ0) is 22.8. The molecule has 0 spiro atoms. The lowest BCUT2D eigenvalue weighted by atomic mass is 9.96. The van der Waals surface area contributed by atoms with Gasteiger partial charge in [-0.15, -0.1) is 11.3 Å². The Kier molecular flexibility index (Phi) is 5.96. The quantitative estimate of drug-likeness (QED) is 0.485. The van der Waals surface area contributed by atoms with Gasteiger partial charge in [0.05, 0.1) is 11.2 Å². The fourth-order valence-corrected chi connectivity index (χ4v) is 5.07. The molecule has 7 heteroatoms. The number of nitrogens with one attached hydrogen (secondary N) is 1. The van der Waals surface area contributed by atoms with E-state index >= 15 is 0 Å². The van der Waals surface area contributed by atoms with Crippen molar-refractivity contribution in [2.45, 2.75) is 26.3 Å². The molecule has 33 heavy (non-hydrogen) atoms. The van der Waals surface area contributed by atoms with E-state index in [1.54, 1.807) is 4.57 Å². The third-order valence-corrected chi connectivity index (χ3v) is 7.10. The Morgan fingerprint density at radius 2 is 1.79 bits per heavy atom. The lowest BCUT2D eigenvalue weighted by Crippen LogP contribution is -2.42. The monoisotopic (exact) mass is 458 g/mol. The van der Waals surface area contributed by atoms with E-state index in [1.807, 2.05) is 73.0 Å². The number of fused-ring (bicyclic) bond motifs is 1. The third-order valence-electron chi connectivity index (χ3n) is 6.21. The molecule has 1 saturated heterocycles.